The fourth-order valence-corrected chi connectivity index (χ4v) is 4.58. The number of carbonyl (C=O) groups is 1. The minimum absolute atomic E-state index is 0.0658. The van der Waals surface area contributed by atoms with Crippen molar-refractivity contribution in [3.8, 4) is 17.2 Å². The molecule has 2 heterocycles. The van der Waals surface area contributed by atoms with E-state index in [0.717, 1.165) is 43.9 Å². The maximum Gasteiger partial charge on any atom is 0.254 e. The molecule has 7 nitrogen and oxygen atoms in total. The molecule has 0 saturated heterocycles. The highest BCUT2D eigenvalue weighted by Gasteiger charge is 2.27. The summed E-state index contributed by atoms with van der Waals surface area (Å²) in [6, 6.07) is 15.5. The van der Waals surface area contributed by atoms with Gasteiger partial charge in [0.1, 0.15) is 11.5 Å². The molecule has 0 bridgehead atoms. The van der Waals surface area contributed by atoms with Gasteiger partial charge in [0.05, 0.1) is 37.8 Å². The number of ether oxygens (including phenoxy) is 2. The van der Waals surface area contributed by atoms with Crippen molar-refractivity contribution in [3.63, 3.8) is 0 Å². The van der Waals surface area contributed by atoms with Crippen molar-refractivity contribution in [3.05, 3.63) is 71.0 Å². The van der Waals surface area contributed by atoms with Gasteiger partial charge in [-0.3, -0.25) is 9.69 Å². The number of amides is 1. The van der Waals surface area contributed by atoms with Gasteiger partial charge in [0.15, 0.2) is 0 Å². The fourth-order valence-electron chi connectivity index (χ4n) is 4.58. The number of nitrogens with zero attached hydrogens (tertiary/aromatic N) is 4. The largest absolute Gasteiger partial charge is 0.497 e. The van der Waals surface area contributed by atoms with Gasteiger partial charge in [0, 0.05) is 43.2 Å². The van der Waals surface area contributed by atoms with Crippen molar-refractivity contribution in [2.75, 3.05) is 33.9 Å². The summed E-state index contributed by atoms with van der Waals surface area (Å²) in [5.74, 6) is 1.13. The van der Waals surface area contributed by atoms with Crippen LogP contribution in [-0.2, 0) is 19.5 Å². The molecular weight excluding hydrogens is 428 g/mol. The van der Waals surface area contributed by atoms with E-state index in [4.69, 9.17) is 14.6 Å². The van der Waals surface area contributed by atoms with Gasteiger partial charge in [-0.25, -0.2) is 4.68 Å². The third-order valence-electron chi connectivity index (χ3n) is 6.37. The molecule has 1 aromatic heterocycles. The highest BCUT2D eigenvalue weighted by Crippen LogP contribution is 2.28. The quantitative estimate of drug-likeness (QED) is 0.474. The Balaban J connectivity index is 1.68. The summed E-state index contributed by atoms with van der Waals surface area (Å²) in [7, 11) is 3.18. The van der Waals surface area contributed by atoms with Crippen LogP contribution in [0.2, 0.25) is 0 Å². The van der Waals surface area contributed by atoms with E-state index in [1.807, 2.05) is 30.0 Å². The average Bonchev–Trinajstić information content (AvgIpc) is 3.24. The molecule has 1 aliphatic heterocycles. The summed E-state index contributed by atoms with van der Waals surface area (Å²) >= 11 is 0. The summed E-state index contributed by atoms with van der Waals surface area (Å²) in [5, 5.41) is 5.03. The summed E-state index contributed by atoms with van der Waals surface area (Å²) in [4.78, 5) is 17.8. The Morgan fingerprint density at radius 2 is 1.76 bits per heavy atom. The number of methoxy groups -OCH3 is 2. The van der Waals surface area contributed by atoms with Crippen LogP contribution in [0.25, 0.3) is 5.69 Å². The van der Waals surface area contributed by atoms with Gasteiger partial charge in [0.2, 0.25) is 0 Å². The lowest BCUT2D eigenvalue weighted by molar-refractivity contribution is 0.0749. The van der Waals surface area contributed by atoms with Crippen LogP contribution in [0, 0.1) is 0 Å². The van der Waals surface area contributed by atoms with Gasteiger partial charge in [-0.15, -0.1) is 0 Å². The lowest BCUT2D eigenvalue weighted by atomic mass is 10.0. The smallest absolute Gasteiger partial charge is 0.254 e. The van der Waals surface area contributed by atoms with E-state index in [1.54, 1.807) is 32.4 Å². The number of hydrogen-bond donors (Lipinski definition) is 0. The number of fused-ring (bicyclic) bond motifs is 1. The normalized spacial score (nSPS) is 13.4. The predicted molar refractivity (Wildman–Crippen MR) is 133 cm³/mol. The van der Waals surface area contributed by atoms with Crippen LogP contribution in [0.15, 0.2) is 48.5 Å². The zero-order chi connectivity index (χ0) is 24.1. The van der Waals surface area contributed by atoms with Crippen LogP contribution in [0.3, 0.4) is 0 Å². The third kappa shape index (κ3) is 4.94. The van der Waals surface area contributed by atoms with Crippen LogP contribution >= 0.6 is 0 Å². The molecule has 7 heteroatoms. The van der Waals surface area contributed by atoms with Gasteiger partial charge in [0.25, 0.3) is 5.91 Å². The van der Waals surface area contributed by atoms with Gasteiger partial charge in [-0.1, -0.05) is 25.1 Å². The van der Waals surface area contributed by atoms with Crippen LogP contribution in [0.5, 0.6) is 11.5 Å². The van der Waals surface area contributed by atoms with E-state index in [9.17, 15) is 4.79 Å². The number of aromatic nitrogens is 2. The fraction of sp³-hybridized carbons (Fsp3) is 0.407. The molecule has 180 valence electrons. The second-order valence-electron chi connectivity index (χ2n) is 8.57. The van der Waals surface area contributed by atoms with Crippen LogP contribution in [-0.4, -0.2) is 59.3 Å². The first-order valence-corrected chi connectivity index (χ1v) is 12.0. The molecule has 0 radical (unpaired) electrons. The summed E-state index contributed by atoms with van der Waals surface area (Å²) in [6.45, 7) is 8.20. The molecule has 3 aromatic rings. The van der Waals surface area contributed by atoms with Gasteiger partial charge >= 0.3 is 0 Å². The van der Waals surface area contributed by atoms with Crippen molar-refractivity contribution in [2.24, 2.45) is 0 Å². The number of para-hydroxylation sites is 1. The Labute approximate surface area is 201 Å². The topological polar surface area (TPSA) is 59.8 Å². The lowest BCUT2D eigenvalue weighted by Crippen LogP contribution is -2.33. The number of hydrogen-bond acceptors (Lipinski definition) is 5. The van der Waals surface area contributed by atoms with Crippen LogP contribution < -0.4 is 9.47 Å². The predicted octanol–water partition coefficient (Wildman–Crippen LogP) is 4.32. The van der Waals surface area contributed by atoms with E-state index in [-0.39, 0.29) is 5.91 Å². The molecule has 0 atom stereocenters. The molecular formula is C27H34N4O3. The highest BCUT2D eigenvalue weighted by molar-refractivity contribution is 5.95. The molecule has 34 heavy (non-hydrogen) atoms. The van der Waals surface area contributed by atoms with Crippen molar-refractivity contribution >= 4 is 5.91 Å². The van der Waals surface area contributed by atoms with Gasteiger partial charge < -0.3 is 14.4 Å². The zero-order valence-electron chi connectivity index (χ0n) is 20.6. The molecule has 0 fully saturated rings. The molecule has 1 aliphatic rings. The molecule has 4 rings (SSSR count). The van der Waals surface area contributed by atoms with E-state index >= 15 is 0 Å². The Hall–Kier alpha value is -3.32. The van der Waals surface area contributed by atoms with Crippen molar-refractivity contribution < 1.29 is 14.3 Å². The molecule has 0 aliphatic carbocycles. The molecule has 0 N–H and O–H groups in total. The summed E-state index contributed by atoms with van der Waals surface area (Å²) in [5.41, 5.74) is 5.06. The van der Waals surface area contributed by atoms with E-state index in [0.29, 0.717) is 30.2 Å². The minimum Gasteiger partial charge on any atom is -0.497 e. The SMILES string of the molecule is CCCN1CCc2c(c(CN(CC)C(=O)c3cc(OC)cc(OC)c3)nn2-c2ccccc2)C1. The van der Waals surface area contributed by atoms with Crippen molar-refractivity contribution in [1.29, 1.82) is 0 Å². The number of carbonyl (C=O) groups excluding carboxylic acids is 1. The lowest BCUT2D eigenvalue weighted by Gasteiger charge is -2.28. The molecule has 2 aromatic carbocycles. The number of benzene rings is 2. The Morgan fingerprint density at radius 3 is 2.38 bits per heavy atom. The monoisotopic (exact) mass is 462 g/mol. The van der Waals surface area contributed by atoms with Crippen LogP contribution in [0.1, 0.15) is 47.6 Å². The Kier molecular flexibility index (Phi) is 7.53. The molecule has 0 saturated carbocycles. The van der Waals surface area contributed by atoms with Crippen LogP contribution in [0.4, 0.5) is 0 Å². The average molecular weight is 463 g/mol. The minimum atomic E-state index is -0.0658. The first-order valence-electron chi connectivity index (χ1n) is 12.0. The second-order valence-corrected chi connectivity index (χ2v) is 8.57. The van der Waals surface area contributed by atoms with E-state index in [2.05, 4.69) is 28.6 Å². The van der Waals surface area contributed by atoms with Gasteiger partial charge in [-0.2, -0.15) is 5.10 Å². The first-order chi connectivity index (χ1) is 16.6. The molecule has 0 unspecified atom stereocenters. The Bertz CT molecular complexity index is 1100. The Morgan fingerprint density at radius 1 is 1.06 bits per heavy atom. The summed E-state index contributed by atoms with van der Waals surface area (Å²) < 4.78 is 12.8. The zero-order valence-corrected chi connectivity index (χ0v) is 20.6. The van der Waals surface area contributed by atoms with Crippen molar-refractivity contribution in [2.45, 2.75) is 39.8 Å². The maximum atomic E-state index is 13.5. The van der Waals surface area contributed by atoms with Gasteiger partial charge in [-0.05, 0) is 44.2 Å². The highest BCUT2D eigenvalue weighted by atomic mass is 16.5. The van der Waals surface area contributed by atoms with E-state index in [1.165, 1.54) is 11.3 Å². The first kappa shape index (κ1) is 23.8. The maximum absolute atomic E-state index is 13.5. The van der Waals surface area contributed by atoms with Crippen molar-refractivity contribution in [1.82, 2.24) is 19.6 Å². The third-order valence-corrected chi connectivity index (χ3v) is 6.37. The second kappa shape index (κ2) is 10.7. The van der Waals surface area contributed by atoms with E-state index < -0.39 is 0 Å². The molecule has 0 spiro atoms. The molecule has 1 amide bonds. The number of rotatable bonds is 9. The standard InChI is InChI=1S/C27H34N4O3/c1-5-13-29-14-12-26-24(18-29)25(28-31(26)21-10-8-7-9-11-21)19-30(6-2)27(32)20-15-22(33-3)17-23(16-20)34-4/h7-11,15-17H,5-6,12-14,18-19H2,1-4H3. The summed E-state index contributed by atoms with van der Waals surface area (Å²) in [6.07, 6.45) is 2.07.